The fourth-order valence-electron chi connectivity index (χ4n) is 2.95. The first-order valence-corrected chi connectivity index (χ1v) is 7.94. The van der Waals surface area contributed by atoms with E-state index in [-0.39, 0.29) is 18.2 Å². The number of anilines is 2. The number of nitrogens with zero attached hydrogens (tertiary/aromatic N) is 2. The summed E-state index contributed by atoms with van der Waals surface area (Å²) in [5.41, 5.74) is 1.85. The summed E-state index contributed by atoms with van der Waals surface area (Å²) in [6, 6.07) is 7.77. The number of carbonyl (C=O) groups excluding carboxylic acids is 2. The molecule has 130 valence electrons. The lowest BCUT2D eigenvalue weighted by atomic mass is 9.89. The first-order valence-electron chi connectivity index (χ1n) is 7.94. The molecule has 3 rings (SSSR count). The average molecular weight is 342 g/mol. The van der Waals surface area contributed by atoms with Crippen molar-refractivity contribution in [2.24, 2.45) is 0 Å². The van der Waals surface area contributed by atoms with E-state index < -0.39 is 11.7 Å². The van der Waals surface area contributed by atoms with Crippen LogP contribution < -0.4 is 15.5 Å². The van der Waals surface area contributed by atoms with Crippen LogP contribution in [0.2, 0.25) is 0 Å². The summed E-state index contributed by atoms with van der Waals surface area (Å²) in [6.45, 7) is 0.300. The SMILES string of the molecule is CN(C)c1ncccc1CNC(=O)[C@@H]1CC(=O)Nc2cc(F)ccc21. The Balaban J connectivity index is 1.78. The molecule has 1 aromatic heterocycles. The van der Waals surface area contributed by atoms with Gasteiger partial charge in [-0.2, -0.15) is 0 Å². The minimum atomic E-state index is -0.635. The Bertz CT molecular complexity index is 822. The number of hydrogen-bond donors (Lipinski definition) is 2. The molecule has 6 nitrogen and oxygen atoms in total. The van der Waals surface area contributed by atoms with Crippen LogP contribution >= 0.6 is 0 Å². The minimum Gasteiger partial charge on any atom is -0.362 e. The molecule has 1 aliphatic rings. The molecule has 0 saturated heterocycles. The highest BCUT2D eigenvalue weighted by atomic mass is 19.1. The predicted molar refractivity (Wildman–Crippen MR) is 92.8 cm³/mol. The van der Waals surface area contributed by atoms with Gasteiger partial charge in [0.25, 0.3) is 0 Å². The number of pyridine rings is 1. The lowest BCUT2D eigenvalue weighted by molar-refractivity contribution is -0.126. The number of fused-ring (bicyclic) bond motifs is 1. The highest BCUT2D eigenvalue weighted by molar-refractivity contribution is 6.01. The molecule has 0 aliphatic carbocycles. The summed E-state index contributed by atoms with van der Waals surface area (Å²) in [7, 11) is 3.76. The van der Waals surface area contributed by atoms with Crippen LogP contribution in [-0.2, 0) is 16.1 Å². The number of halogens is 1. The van der Waals surface area contributed by atoms with Gasteiger partial charge in [-0.05, 0) is 23.8 Å². The Labute approximate surface area is 145 Å². The van der Waals surface area contributed by atoms with Gasteiger partial charge < -0.3 is 15.5 Å². The summed E-state index contributed by atoms with van der Waals surface area (Å²) in [5, 5.41) is 5.47. The summed E-state index contributed by atoms with van der Waals surface area (Å²) < 4.78 is 13.4. The predicted octanol–water partition coefficient (Wildman–Crippen LogP) is 2.03. The molecule has 2 N–H and O–H groups in total. The van der Waals surface area contributed by atoms with Gasteiger partial charge in [0.15, 0.2) is 0 Å². The first-order chi connectivity index (χ1) is 12.0. The van der Waals surface area contributed by atoms with Crippen molar-refractivity contribution in [3.8, 4) is 0 Å². The average Bonchev–Trinajstić information content (AvgIpc) is 2.58. The highest BCUT2D eigenvalue weighted by Crippen LogP contribution is 2.33. The van der Waals surface area contributed by atoms with Gasteiger partial charge in [0.2, 0.25) is 11.8 Å². The van der Waals surface area contributed by atoms with Crippen molar-refractivity contribution >= 4 is 23.3 Å². The second-order valence-electron chi connectivity index (χ2n) is 6.13. The fraction of sp³-hybridized carbons (Fsp3) is 0.278. The summed E-state index contributed by atoms with van der Waals surface area (Å²) in [4.78, 5) is 30.6. The Morgan fingerprint density at radius 3 is 2.96 bits per heavy atom. The quantitative estimate of drug-likeness (QED) is 0.892. The van der Waals surface area contributed by atoms with Crippen molar-refractivity contribution in [3.63, 3.8) is 0 Å². The zero-order valence-electron chi connectivity index (χ0n) is 14.0. The van der Waals surface area contributed by atoms with Crippen LogP contribution in [0.25, 0.3) is 0 Å². The highest BCUT2D eigenvalue weighted by Gasteiger charge is 2.30. The number of aromatic nitrogens is 1. The molecule has 0 unspecified atom stereocenters. The lowest BCUT2D eigenvalue weighted by Crippen LogP contribution is -2.35. The molecule has 2 amide bonds. The summed E-state index contributed by atoms with van der Waals surface area (Å²) >= 11 is 0. The van der Waals surface area contributed by atoms with Crippen molar-refractivity contribution in [3.05, 3.63) is 53.5 Å². The second-order valence-corrected chi connectivity index (χ2v) is 6.13. The Hall–Kier alpha value is -2.96. The number of rotatable bonds is 4. The van der Waals surface area contributed by atoms with Gasteiger partial charge in [0.05, 0.1) is 5.92 Å². The van der Waals surface area contributed by atoms with Gasteiger partial charge in [0.1, 0.15) is 11.6 Å². The molecule has 0 spiro atoms. The normalized spacial score (nSPS) is 16.0. The zero-order chi connectivity index (χ0) is 18.0. The van der Waals surface area contributed by atoms with E-state index in [1.165, 1.54) is 12.1 Å². The Morgan fingerprint density at radius 1 is 1.40 bits per heavy atom. The molecule has 0 fully saturated rings. The molecule has 1 aromatic carbocycles. The van der Waals surface area contributed by atoms with Crippen molar-refractivity contribution < 1.29 is 14.0 Å². The van der Waals surface area contributed by atoms with Crippen molar-refractivity contribution in [2.75, 3.05) is 24.3 Å². The first kappa shape index (κ1) is 16.9. The molecule has 0 saturated carbocycles. The number of hydrogen-bond acceptors (Lipinski definition) is 4. The lowest BCUT2D eigenvalue weighted by Gasteiger charge is -2.25. The van der Waals surface area contributed by atoms with Crippen LogP contribution in [0.1, 0.15) is 23.5 Å². The maximum Gasteiger partial charge on any atom is 0.228 e. The van der Waals surface area contributed by atoms with Crippen LogP contribution in [0.5, 0.6) is 0 Å². The minimum absolute atomic E-state index is 0.0397. The third-order valence-corrected chi connectivity index (χ3v) is 4.12. The van der Waals surface area contributed by atoms with E-state index in [1.54, 1.807) is 18.3 Å². The number of amides is 2. The smallest absolute Gasteiger partial charge is 0.228 e. The van der Waals surface area contributed by atoms with E-state index in [4.69, 9.17) is 0 Å². The second kappa shape index (κ2) is 6.88. The monoisotopic (exact) mass is 342 g/mol. The molecular weight excluding hydrogens is 323 g/mol. The Morgan fingerprint density at radius 2 is 2.20 bits per heavy atom. The molecule has 1 atom stereocenters. The molecule has 7 heteroatoms. The molecule has 0 bridgehead atoms. The van der Waals surface area contributed by atoms with Crippen LogP contribution in [0, 0.1) is 5.82 Å². The number of benzene rings is 1. The molecule has 2 heterocycles. The molecule has 1 aliphatic heterocycles. The Kier molecular flexibility index (Phi) is 4.65. The van der Waals surface area contributed by atoms with Gasteiger partial charge in [0, 0.05) is 44.5 Å². The molecular formula is C18H19FN4O2. The molecule has 0 radical (unpaired) electrons. The van der Waals surface area contributed by atoms with Gasteiger partial charge in [-0.1, -0.05) is 12.1 Å². The fourth-order valence-corrected chi connectivity index (χ4v) is 2.95. The van der Waals surface area contributed by atoms with Gasteiger partial charge >= 0.3 is 0 Å². The van der Waals surface area contributed by atoms with E-state index >= 15 is 0 Å². The van der Waals surface area contributed by atoms with Gasteiger partial charge in [-0.25, -0.2) is 9.37 Å². The number of carbonyl (C=O) groups is 2. The number of nitrogens with one attached hydrogen (secondary N) is 2. The van der Waals surface area contributed by atoms with E-state index in [0.29, 0.717) is 17.8 Å². The van der Waals surface area contributed by atoms with Crippen molar-refractivity contribution in [1.29, 1.82) is 0 Å². The summed E-state index contributed by atoms with van der Waals surface area (Å²) in [5.74, 6) is -0.883. The van der Waals surface area contributed by atoms with Crippen LogP contribution in [0.4, 0.5) is 15.9 Å². The van der Waals surface area contributed by atoms with Crippen molar-refractivity contribution in [1.82, 2.24) is 10.3 Å². The third kappa shape index (κ3) is 3.60. The van der Waals surface area contributed by atoms with E-state index in [1.807, 2.05) is 25.1 Å². The third-order valence-electron chi connectivity index (χ3n) is 4.12. The molecule has 25 heavy (non-hydrogen) atoms. The largest absolute Gasteiger partial charge is 0.362 e. The zero-order valence-corrected chi connectivity index (χ0v) is 14.0. The van der Waals surface area contributed by atoms with Gasteiger partial charge in [-0.3, -0.25) is 9.59 Å². The van der Waals surface area contributed by atoms with Crippen LogP contribution in [0.15, 0.2) is 36.5 Å². The summed E-state index contributed by atoms with van der Waals surface area (Å²) in [6.07, 6.45) is 1.73. The van der Waals surface area contributed by atoms with Gasteiger partial charge in [-0.15, -0.1) is 0 Å². The van der Waals surface area contributed by atoms with E-state index in [2.05, 4.69) is 15.6 Å². The maximum absolute atomic E-state index is 13.4. The molecule has 2 aromatic rings. The topological polar surface area (TPSA) is 74.3 Å². The van der Waals surface area contributed by atoms with E-state index in [0.717, 1.165) is 11.4 Å². The van der Waals surface area contributed by atoms with Crippen LogP contribution in [-0.4, -0.2) is 30.9 Å². The standard InChI is InChI=1S/C18H19FN4O2/c1-23(2)17-11(4-3-7-20-17)10-21-18(25)14-9-16(24)22-15-8-12(19)5-6-13(14)15/h3-8,14H,9-10H2,1-2H3,(H,21,25)(H,22,24)/t14-/m1/s1. The maximum atomic E-state index is 13.4. The van der Waals surface area contributed by atoms with Crippen molar-refractivity contribution in [2.45, 2.75) is 18.9 Å². The van der Waals surface area contributed by atoms with Crippen LogP contribution in [0.3, 0.4) is 0 Å². The van der Waals surface area contributed by atoms with E-state index in [9.17, 15) is 14.0 Å².